The first-order valence-electron chi connectivity index (χ1n) is 5.02. The lowest BCUT2D eigenvalue weighted by Gasteiger charge is -2.10. The predicted molar refractivity (Wildman–Crippen MR) is 68.5 cm³/mol. The number of nitrogens with one attached hydrogen (secondary N) is 1. The number of anilines is 1. The van der Waals surface area contributed by atoms with E-state index in [1.807, 2.05) is 36.4 Å². The molecule has 0 saturated carbocycles. The number of hydrogen-bond donors (Lipinski definition) is 2. The van der Waals surface area contributed by atoms with E-state index in [0.29, 0.717) is 10.7 Å². The van der Waals surface area contributed by atoms with Gasteiger partial charge < -0.3 is 5.11 Å². The number of amides is 1. The Bertz CT molecular complexity index is 540. The summed E-state index contributed by atoms with van der Waals surface area (Å²) in [6.45, 7) is 0. The van der Waals surface area contributed by atoms with Gasteiger partial charge in [0.05, 0.1) is 10.7 Å². The Morgan fingerprint density at radius 3 is 2.41 bits per heavy atom. The highest BCUT2D eigenvalue weighted by Crippen LogP contribution is 2.33. The molecule has 0 aromatic heterocycles. The van der Waals surface area contributed by atoms with E-state index in [2.05, 4.69) is 5.32 Å². The smallest absolute Gasteiger partial charge is 0.409 e. The second-order valence-corrected chi connectivity index (χ2v) is 3.87. The predicted octanol–water partition coefficient (Wildman–Crippen LogP) is 4.10. The summed E-state index contributed by atoms with van der Waals surface area (Å²) in [6.07, 6.45) is -1.13. The molecule has 0 unspecified atom stereocenters. The number of benzene rings is 2. The molecule has 0 atom stereocenters. The zero-order chi connectivity index (χ0) is 12.3. The molecular weight excluding hydrogens is 238 g/mol. The van der Waals surface area contributed by atoms with Crippen molar-refractivity contribution < 1.29 is 9.90 Å². The first-order chi connectivity index (χ1) is 8.18. The van der Waals surface area contributed by atoms with E-state index in [1.165, 1.54) is 0 Å². The molecule has 2 aromatic rings. The highest BCUT2D eigenvalue weighted by Gasteiger charge is 2.10. The summed E-state index contributed by atoms with van der Waals surface area (Å²) in [6, 6.07) is 14.8. The summed E-state index contributed by atoms with van der Waals surface area (Å²) in [4.78, 5) is 10.7. The van der Waals surface area contributed by atoms with Crippen molar-refractivity contribution >= 4 is 23.4 Å². The van der Waals surface area contributed by atoms with Gasteiger partial charge in [0.25, 0.3) is 0 Å². The van der Waals surface area contributed by atoms with E-state index in [-0.39, 0.29) is 0 Å². The van der Waals surface area contributed by atoms with E-state index in [0.717, 1.165) is 11.1 Å². The van der Waals surface area contributed by atoms with Crippen LogP contribution in [-0.4, -0.2) is 11.2 Å². The van der Waals surface area contributed by atoms with Crippen LogP contribution in [0.4, 0.5) is 10.5 Å². The molecule has 2 aromatic carbocycles. The van der Waals surface area contributed by atoms with Crippen LogP contribution in [0.1, 0.15) is 0 Å². The summed E-state index contributed by atoms with van der Waals surface area (Å²) >= 11 is 6.00. The maximum absolute atomic E-state index is 10.7. The van der Waals surface area contributed by atoms with Crippen molar-refractivity contribution in [2.24, 2.45) is 0 Å². The van der Waals surface area contributed by atoms with Crippen molar-refractivity contribution in [3.63, 3.8) is 0 Å². The number of para-hydroxylation sites is 1. The molecule has 0 saturated heterocycles. The summed E-state index contributed by atoms with van der Waals surface area (Å²) in [5, 5.41) is 11.5. The molecule has 0 spiro atoms. The third kappa shape index (κ3) is 2.57. The fraction of sp³-hybridized carbons (Fsp3) is 0. The molecule has 0 fully saturated rings. The van der Waals surface area contributed by atoms with Gasteiger partial charge in [-0.1, -0.05) is 54.1 Å². The van der Waals surface area contributed by atoms with Crippen molar-refractivity contribution in [2.45, 2.75) is 0 Å². The molecule has 1 amide bonds. The number of halogens is 1. The monoisotopic (exact) mass is 247 g/mol. The first-order valence-corrected chi connectivity index (χ1v) is 5.40. The maximum atomic E-state index is 10.7. The quantitative estimate of drug-likeness (QED) is 0.839. The van der Waals surface area contributed by atoms with Crippen LogP contribution in [0.2, 0.25) is 5.02 Å². The molecule has 0 heterocycles. The van der Waals surface area contributed by atoms with Crippen molar-refractivity contribution in [3.8, 4) is 11.1 Å². The van der Waals surface area contributed by atoms with Crippen LogP contribution in [-0.2, 0) is 0 Å². The van der Waals surface area contributed by atoms with E-state index < -0.39 is 6.09 Å². The molecule has 3 nitrogen and oxygen atoms in total. The van der Waals surface area contributed by atoms with Crippen molar-refractivity contribution in [1.29, 1.82) is 0 Å². The van der Waals surface area contributed by atoms with Gasteiger partial charge in [-0.3, -0.25) is 5.32 Å². The van der Waals surface area contributed by atoms with Crippen molar-refractivity contribution in [3.05, 3.63) is 53.6 Å². The van der Waals surface area contributed by atoms with E-state index in [1.54, 1.807) is 12.1 Å². The molecule has 0 bridgehead atoms. The second-order valence-electron chi connectivity index (χ2n) is 3.46. The van der Waals surface area contributed by atoms with Gasteiger partial charge in [-0.25, -0.2) is 4.79 Å². The summed E-state index contributed by atoms with van der Waals surface area (Å²) in [7, 11) is 0. The molecule has 4 heteroatoms. The molecule has 2 rings (SSSR count). The Kier molecular flexibility index (Phi) is 3.30. The standard InChI is InChI=1S/C13H10ClNO2/c14-11-8-4-7-10(12(11)15-13(16)17)9-5-2-1-3-6-9/h1-8,15H,(H,16,17). The zero-order valence-electron chi connectivity index (χ0n) is 8.85. The second kappa shape index (κ2) is 4.89. The molecule has 0 aliphatic heterocycles. The van der Waals surface area contributed by atoms with Gasteiger partial charge in [0.2, 0.25) is 0 Å². The Hall–Kier alpha value is -2.00. The zero-order valence-corrected chi connectivity index (χ0v) is 9.61. The van der Waals surface area contributed by atoms with Crippen LogP contribution < -0.4 is 5.32 Å². The number of hydrogen-bond acceptors (Lipinski definition) is 1. The molecule has 0 radical (unpaired) electrons. The Labute approximate surface area is 104 Å². The van der Waals surface area contributed by atoms with Crippen LogP contribution >= 0.6 is 11.6 Å². The normalized spacial score (nSPS) is 9.94. The summed E-state index contributed by atoms with van der Waals surface area (Å²) in [5.74, 6) is 0. The van der Waals surface area contributed by atoms with E-state index in [4.69, 9.17) is 16.7 Å². The minimum absolute atomic E-state index is 0.383. The average Bonchev–Trinajstić information content (AvgIpc) is 2.32. The minimum Gasteiger partial charge on any atom is -0.465 e. The van der Waals surface area contributed by atoms with Crippen LogP contribution in [0.15, 0.2) is 48.5 Å². The number of carbonyl (C=O) groups is 1. The van der Waals surface area contributed by atoms with Crippen LogP contribution in [0.5, 0.6) is 0 Å². The van der Waals surface area contributed by atoms with Crippen molar-refractivity contribution in [2.75, 3.05) is 5.32 Å². The fourth-order valence-electron chi connectivity index (χ4n) is 1.62. The lowest BCUT2D eigenvalue weighted by atomic mass is 10.0. The van der Waals surface area contributed by atoms with Gasteiger partial charge in [0.15, 0.2) is 0 Å². The molecular formula is C13H10ClNO2. The first kappa shape index (κ1) is 11.5. The Morgan fingerprint density at radius 1 is 1.06 bits per heavy atom. The van der Waals surface area contributed by atoms with Crippen LogP contribution in [0, 0.1) is 0 Å². The SMILES string of the molecule is O=C(O)Nc1c(Cl)cccc1-c1ccccc1. The van der Waals surface area contributed by atoms with Crippen LogP contribution in [0.3, 0.4) is 0 Å². The third-order valence-corrected chi connectivity index (χ3v) is 2.65. The fourth-order valence-corrected chi connectivity index (χ4v) is 1.84. The van der Waals surface area contributed by atoms with Gasteiger partial charge in [-0.05, 0) is 11.6 Å². The summed E-state index contributed by atoms with van der Waals surface area (Å²) < 4.78 is 0. The maximum Gasteiger partial charge on any atom is 0.409 e. The van der Waals surface area contributed by atoms with Crippen molar-refractivity contribution in [1.82, 2.24) is 0 Å². The van der Waals surface area contributed by atoms with Gasteiger partial charge in [-0.15, -0.1) is 0 Å². The largest absolute Gasteiger partial charge is 0.465 e. The molecule has 0 aliphatic rings. The van der Waals surface area contributed by atoms with E-state index >= 15 is 0 Å². The number of rotatable bonds is 2. The van der Waals surface area contributed by atoms with Crippen LogP contribution in [0.25, 0.3) is 11.1 Å². The molecule has 86 valence electrons. The average molecular weight is 248 g/mol. The lowest BCUT2D eigenvalue weighted by molar-refractivity contribution is 0.210. The van der Waals surface area contributed by atoms with E-state index in [9.17, 15) is 4.79 Å². The number of carboxylic acid groups (broad SMARTS) is 1. The van der Waals surface area contributed by atoms with Gasteiger partial charge >= 0.3 is 6.09 Å². The lowest BCUT2D eigenvalue weighted by Crippen LogP contribution is -2.08. The molecule has 2 N–H and O–H groups in total. The van der Waals surface area contributed by atoms with Gasteiger partial charge in [0, 0.05) is 5.56 Å². The summed E-state index contributed by atoms with van der Waals surface area (Å²) in [5.41, 5.74) is 2.09. The van der Waals surface area contributed by atoms with Gasteiger partial charge in [-0.2, -0.15) is 0 Å². The van der Waals surface area contributed by atoms with Gasteiger partial charge in [0.1, 0.15) is 0 Å². The molecule has 0 aliphatic carbocycles. The topological polar surface area (TPSA) is 49.3 Å². The highest BCUT2D eigenvalue weighted by atomic mass is 35.5. The third-order valence-electron chi connectivity index (χ3n) is 2.33. The Morgan fingerprint density at radius 2 is 1.76 bits per heavy atom. The molecule has 17 heavy (non-hydrogen) atoms. The highest BCUT2D eigenvalue weighted by molar-refractivity contribution is 6.34. The minimum atomic E-state index is -1.13. The Balaban J connectivity index is 2.54.